The number of nitrogens with zero attached hydrogens (tertiary/aromatic N) is 2. The summed E-state index contributed by atoms with van der Waals surface area (Å²) < 4.78 is 4.19. The first-order chi connectivity index (χ1) is 8.95. The van der Waals surface area contributed by atoms with Gasteiger partial charge < -0.3 is 5.32 Å². The maximum Gasteiger partial charge on any atom is 0.0860 e. The summed E-state index contributed by atoms with van der Waals surface area (Å²) in [6.45, 7) is 11.8. The average molecular weight is 295 g/mol. The van der Waals surface area contributed by atoms with E-state index in [1.165, 1.54) is 26.9 Å². The third kappa shape index (κ3) is 3.04. The first kappa shape index (κ1) is 14.6. The Kier molecular flexibility index (Phi) is 4.38. The van der Waals surface area contributed by atoms with Gasteiger partial charge in [0.1, 0.15) is 0 Å². The number of rotatable bonds is 4. The zero-order valence-corrected chi connectivity index (χ0v) is 13.8. The number of nitrogens with one attached hydrogen (secondary N) is 1. The minimum Gasteiger partial charge on any atom is -0.306 e. The first-order valence-electron chi connectivity index (χ1n) is 6.55. The SMILES string of the molecule is CCNC(c1ccsc1C)c1snnc1C(C)(C)C. The van der Waals surface area contributed by atoms with Crippen molar-refractivity contribution in [3.8, 4) is 0 Å². The number of hydrogen-bond acceptors (Lipinski definition) is 5. The van der Waals surface area contributed by atoms with Gasteiger partial charge in [-0.15, -0.1) is 16.4 Å². The summed E-state index contributed by atoms with van der Waals surface area (Å²) in [5.41, 5.74) is 2.48. The molecule has 0 radical (unpaired) electrons. The molecule has 2 rings (SSSR count). The molecule has 0 aromatic carbocycles. The number of hydrogen-bond donors (Lipinski definition) is 1. The van der Waals surface area contributed by atoms with E-state index in [1.54, 1.807) is 11.3 Å². The number of thiophene rings is 1. The zero-order valence-electron chi connectivity index (χ0n) is 12.2. The lowest BCUT2D eigenvalue weighted by Crippen LogP contribution is -2.25. The smallest absolute Gasteiger partial charge is 0.0860 e. The second kappa shape index (κ2) is 5.69. The maximum absolute atomic E-state index is 4.36. The summed E-state index contributed by atoms with van der Waals surface area (Å²) in [7, 11) is 0. The van der Waals surface area contributed by atoms with E-state index in [4.69, 9.17) is 0 Å². The van der Waals surface area contributed by atoms with Crippen LogP contribution in [0.25, 0.3) is 0 Å². The van der Waals surface area contributed by atoms with Crippen molar-refractivity contribution in [2.75, 3.05) is 6.54 Å². The number of aromatic nitrogens is 2. The highest BCUT2D eigenvalue weighted by molar-refractivity contribution is 7.10. The molecule has 0 aliphatic rings. The normalized spacial score (nSPS) is 13.7. The highest BCUT2D eigenvalue weighted by Crippen LogP contribution is 2.35. The molecule has 2 aromatic heterocycles. The predicted octanol–water partition coefficient (Wildman–Crippen LogP) is 3.90. The van der Waals surface area contributed by atoms with Gasteiger partial charge in [0.15, 0.2) is 0 Å². The molecule has 0 aliphatic heterocycles. The van der Waals surface area contributed by atoms with Crippen molar-refractivity contribution >= 4 is 22.9 Å². The molecule has 0 amide bonds. The molecule has 2 aromatic rings. The van der Waals surface area contributed by atoms with Crippen molar-refractivity contribution in [2.24, 2.45) is 0 Å². The van der Waals surface area contributed by atoms with Gasteiger partial charge in [-0.2, -0.15) is 0 Å². The van der Waals surface area contributed by atoms with Crippen LogP contribution in [0.5, 0.6) is 0 Å². The molecule has 1 atom stereocenters. The minimum atomic E-state index is 0.0277. The first-order valence-corrected chi connectivity index (χ1v) is 8.20. The van der Waals surface area contributed by atoms with E-state index in [0.717, 1.165) is 12.2 Å². The molecule has 2 heterocycles. The standard InChI is InChI=1S/C14H21N3S2/c1-6-15-11(10-7-8-18-9(10)2)12-13(14(3,4)5)16-17-19-12/h7-8,11,15H,6H2,1-5H3. The van der Waals surface area contributed by atoms with Gasteiger partial charge in [-0.25, -0.2) is 0 Å². The minimum absolute atomic E-state index is 0.0277. The van der Waals surface area contributed by atoms with Crippen LogP contribution >= 0.6 is 22.9 Å². The van der Waals surface area contributed by atoms with Crippen LogP contribution in [-0.4, -0.2) is 16.1 Å². The summed E-state index contributed by atoms with van der Waals surface area (Å²) in [6.07, 6.45) is 0. The van der Waals surface area contributed by atoms with E-state index in [9.17, 15) is 0 Å². The molecule has 0 aliphatic carbocycles. The fraction of sp³-hybridized carbons (Fsp3) is 0.571. The predicted molar refractivity (Wildman–Crippen MR) is 83.2 cm³/mol. The van der Waals surface area contributed by atoms with Gasteiger partial charge in [0, 0.05) is 10.3 Å². The van der Waals surface area contributed by atoms with Crippen LogP contribution in [0.15, 0.2) is 11.4 Å². The molecule has 1 unspecified atom stereocenters. The lowest BCUT2D eigenvalue weighted by atomic mass is 9.89. The molecule has 104 valence electrons. The molecular weight excluding hydrogens is 274 g/mol. The van der Waals surface area contributed by atoms with E-state index in [1.807, 2.05) is 0 Å². The van der Waals surface area contributed by atoms with Gasteiger partial charge in [-0.1, -0.05) is 32.2 Å². The van der Waals surface area contributed by atoms with Crippen LogP contribution in [0.4, 0.5) is 0 Å². The van der Waals surface area contributed by atoms with Crippen molar-refractivity contribution < 1.29 is 0 Å². The molecule has 5 heteroatoms. The van der Waals surface area contributed by atoms with Crippen molar-refractivity contribution in [3.05, 3.63) is 32.5 Å². The molecule has 3 nitrogen and oxygen atoms in total. The van der Waals surface area contributed by atoms with Crippen molar-refractivity contribution in [3.63, 3.8) is 0 Å². The Hall–Kier alpha value is -0.780. The monoisotopic (exact) mass is 295 g/mol. The van der Waals surface area contributed by atoms with Crippen LogP contribution in [0.2, 0.25) is 0 Å². The third-order valence-corrected chi connectivity index (χ3v) is 4.75. The third-order valence-electron chi connectivity index (χ3n) is 3.10. The van der Waals surface area contributed by atoms with Gasteiger partial charge >= 0.3 is 0 Å². The molecule has 0 bridgehead atoms. The van der Waals surface area contributed by atoms with Gasteiger partial charge in [0.2, 0.25) is 0 Å². The summed E-state index contributed by atoms with van der Waals surface area (Å²) >= 11 is 3.31. The molecular formula is C14H21N3S2. The Morgan fingerprint density at radius 2 is 2.11 bits per heavy atom. The highest BCUT2D eigenvalue weighted by atomic mass is 32.1. The summed E-state index contributed by atoms with van der Waals surface area (Å²) in [5, 5.41) is 10.1. The Labute approximate surface area is 123 Å². The van der Waals surface area contributed by atoms with Crippen molar-refractivity contribution in [1.29, 1.82) is 0 Å². The molecule has 19 heavy (non-hydrogen) atoms. The van der Waals surface area contributed by atoms with E-state index < -0.39 is 0 Å². The fourth-order valence-corrected chi connectivity index (χ4v) is 3.85. The topological polar surface area (TPSA) is 37.8 Å². The van der Waals surface area contributed by atoms with Crippen LogP contribution < -0.4 is 5.32 Å². The van der Waals surface area contributed by atoms with Crippen molar-refractivity contribution in [2.45, 2.75) is 46.1 Å². The molecule has 0 saturated carbocycles. The largest absolute Gasteiger partial charge is 0.306 e. The Morgan fingerprint density at radius 1 is 1.37 bits per heavy atom. The van der Waals surface area contributed by atoms with E-state index >= 15 is 0 Å². The Balaban J connectivity index is 2.46. The second-order valence-corrected chi connectivity index (χ2v) is 7.56. The Morgan fingerprint density at radius 3 is 2.63 bits per heavy atom. The van der Waals surface area contributed by atoms with Gasteiger partial charge in [-0.3, -0.25) is 0 Å². The van der Waals surface area contributed by atoms with Crippen molar-refractivity contribution in [1.82, 2.24) is 14.9 Å². The number of aryl methyl sites for hydroxylation is 1. The average Bonchev–Trinajstić information content (AvgIpc) is 2.93. The highest BCUT2D eigenvalue weighted by Gasteiger charge is 2.28. The van der Waals surface area contributed by atoms with E-state index in [-0.39, 0.29) is 11.5 Å². The quantitative estimate of drug-likeness (QED) is 0.929. The summed E-state index contributed by atoms with van der Waals surface area (Å²) in [5.74, 6) is 0. The Bertz CT molecular complexity index is 537. The van der Waals surface area contributed by atoms with Crippen LogP contribution in [0, 0.1) is 6.92 Å². The molecule has 0 spiro atoms. The second-order valence-electron chi connectivity index (χ2n) is 5.66. The van der Waals surface area contributed by atoms with E-state index in [0.29, 0.717) is 0 Å². The molecule has 0 fully saturated rings. The summed E-state index contributed by atoms with van der Waals surface area (Å²) in [4.78, 5) is 2.61. The zero-order chi connectivity index (χ0) is 14.0. The van der Waals surface area contributed by atoms with Crippen LogP contribution in [0.1, 0.15) is 54.7 Å². The van der Waals surface area contributed by atoms with Gasteiger partial charge in [-0.05, 0) is 42.0 Å². The van der Waals surface area contributed by atoms with Gasteiger partial charge in [0.25, 0.3) is 0 Å². The van der Waals surface area contributed by atoms with Crippen LogP contribution in [-0.2, 0) is 5.41 Å². The summed E-state index contributed by atoms with van der Waals surface area (Å²) in [6, 6.07) is 2.42. The maximum atomic E-state index is 4.36. The van der Waals surface area contributed by atoms with Crippen LogP contribution in [0.3, 0.4) is 0 Å². The van der Waals surface area contributed by atoms with Gasteiger partial charge in [0.05, 0.1) is 16.6 Å². The molecule has 1 N–H and O–H groups in total. The lowest BCUT2D eigenvalue weighted by Gasteiger charge is -2.22. The van der Waals surface area contributed by atoms with E-state index in [2.05, 4.69) is 61.0 Å². The fourth-order valence-electron chi connectivity index (χ4n) is 2.15. The lowest BCUT2D eigenvalue weighted by molar-refractivity contribution is 0.543. The molecule has 0 saturated heterocycles.